The third-order valence-electron chi connectivity index (χ3n) is 2.97. The van der Waals surface area contributed by atoms with Crippen molar-refractivity contribution in [3.63, 3.8) is 0 Å². The maximum absolute atomic E-state index is 13.0. The van der Waals surface area contributed by atoms with Crippen LogP contribution in [0.2, 0.25) is 0 Å². The number of rotatable bonds is 4. The first-order valence-electron chi connectivity index (χ1n) is 5.93. The van der Waals surface area contributed by atoms with Crippen LogP contribution in [0, 0.1) is 0 Å². The summed E-state index contributed by atoms with van der Waals surface area (Å²) >= 11 is 0. The monoisotopic (exact) mass is 322 g/mol. The van der Waals surface area contributed by atoms with Gasteiger partial charge in [0.1, 0.15) is 0 Å². The summed E-state index contributed by atoms with van der Waals surface area (Å²) < 4.78 is 65.9. The van der Waals surface area contributed by atoms with Gasteiger partial charge < -0.3 is 0 Å². The number of alkyl halides is 3. The van der Waals surface area contributed by atoms with E-state index in [0.29, 0.717) is 0 Å². The highest BCUT2D eigenvalue weighted by Gasteiger charge is 2.34. The Balaban J connectivity index is 2.52. The van der Waals surface area contributed by atoms with Gasteiger partial charge in [0, 0.05) is 19.0 Å². The zero-order valence-electron chi connectivity index (χ0n) is 11.2. The summed E-state index contributed by atoms with van der Waals surface area (Å²) in [7, 11) is -2.57. The number of fused-ring (bicyclic) bond motifs is 1. The number of aromatic amines is 1. The highest BCUT2D eigenvalue weighted by molar-refractivity contribution is 7.90. The van der Waals surface area contributed by atoms with E-state index >= 15 is 0 Å². The number of hydrogen-bond acceptors (Lipinski definition) is 3. The van der Waals surface area contributed by atoms with E-state index in [1.54, 1.807) is 6.92 Å². The van der Waals surface area contributed by atoms with Crippen LogP contribution >= 0.6 is 0 Å². The van der Waals surface area contributed by atoms with Gasteiger partial charge in [-0.25, -0.2) is 0 Å². The van der Waals surface area contributed by atoms with E-state index in [0.717, 1.165) is 16.6 Å². The van der Waals surface area contributed by atoms with E-state index in [2.05, 4.69) is 14.9 Å². The predicted molar refractivity (Wildman–Crippen MR) is 71.9 cm³/mol. The first-order valence-corrected chi connectivity index (χ1v) is 7.37. The average molecular weight is 322 g/mol. The molecular weight excluding hydrogens is 309 g/mol. The second-order valence-corrected chi connectivity index (χ2v) is 6.15. The van der Waals surface area contributed by atoms with E-state index in [1.807, 2.05) is 0 Å². The smallest absolute Gasteiger partial charge is 0.278 e. The Morgan fingerprint density at radius 3 is 2.62 bits per heavy atom. The average Bonchev–Trinajstić information content (AvgIpc) is 2.82. The van der Waals surface area contributed by atoms with Crippen molar-refractivity contribution in [2.24, 2.45) is 0 Å². The third kappa shape index (κ3) is 3.10. The number of H-pyrrole nitrogens is 1. The van der Waals surface area contributed by atoms with Crippen molar-refractivity contribution >= 4 is 26.8 Å². The van der Waals surface area contributed by atoms with Crippen LogP contribution in [0.25, 0.3) is 10.9 Å². The Bertz CT molecular complexity index is 754. The third-order valence-corrected chi connectivity index (χ3v) is 4.54. The van der Waals surface area contributed by atoms with Crippen molar-refractivity contribution in [1.82, 2.24) is 14.5 Å². The van der Waals surface area contributed by atoms with Crippen LogP contribution in [0.1, 0.15) is 12.5 Å². The van der Waals surface area contributed by atoms with Gasteiger partial charge in [-0.1, -0.05) is 6.92 Å². The lowest BCUT2D eigenvalue weighted by Gasteiger charge is -2.17. The molecule has 0 saturated carbocycles. The number of benzene rings is 1. The minimum absolute atomic E-state index is 0.0988. The fourth-order valence-corrected chi connectivity index (χ4v) is 2.65. The molecule has 2 rings (SSSR count). The van der Waals surface area contributed by atoms with Crippen LogP contribution in [-0.2, 0) is 16.4 Å². The zero-order valence-corrected chi connectivity index (χ0v) is 12.0. The fraction of sp³-hybridized carbons (Fsp3) is 0.364. The lowest BCUT2D eigenvalue weighted by molar-refractivity contribution is -0.136. The molecule has 0 bridgehead atoms. The molecule has 1 heterocycles. The molecule has 0 aliphatic carbocycles. The SMILES string of the molecule is CCN(C)S(=O)(=O)Nc1cc(C(F)(F)F)c2cn[nH]c2c1. The Kier molecular flexibility index (Phi) is 3.85. The largest absolute Gasteiger partial charge is 0.417 e. The topological polar surface area (TPSA) is 78.1 Å². The van der Waals surface area contributed by atoms with Gasteiger partial charge in [-0.2, -0.15) is 31.0 Å². The molecule has 0 amide bonds. The molecule has 0 saturated heterocycles. The summed E-state index contributed by atoms with van der Waals surface area (Å²) in [6.07, 6.45) is -3.56. The van der Waals surface area contributed by atoms with Crippen molar-refractivity contribution in [3.8, 4) is 0 Å². The summed E-state index contributed by atoms with van der Waals surface area (Å²) in [5, 5.41) is 5.84. The maximum atomic E-state index is 13.0. The van der Waals surface area contributed by atoms with Gasteiger partial charge in [-0.3, -0.25) is 9.82 Å². The Morgan fingerprint density at radius 1 is 1.38 bits per heavy atom. The fourth-order valence-electron chi connectivity index (χ4n) is 1.74. The molecule has 0 unspecified atom stereocenters. The normalized spacial score (nSPS) is 13.0. The van der Waals surface area contributed by atoms with Crippen LogP contribution in [-0.4, -0.2) is 36.5 Å². The maximum Gasteiger partial charge on any atom is 0.417 e. The van der Waals surface area contributed by atoms with E-state index < -0.39 is 21.9 Å². The van der Waals surface area contributed by atoms with Gasteiger partial charge in [0.25, 0.3) is 0 Å². The van der Waals surface area contributed by atoms with Crippen LogP contribution in [0.4, 0.5) is 18.9 Å². The van der Waals surface area contributed by atoms with Crippen molar-refractivity contribution in [2.75, 3.05) is 18.3 Å². The number of hydrogen-bond donors (Lipinski definition) is 2. The molecule has 0 aliphatic heterocycles. The molecule has 10 heteroatoms. The lowest BCUT2D eigenvalue weighted by atomic mass is 10.1. The molecule has 6 nitrogen and oxygen atoms in total. The quantitative estimate of drug-likeness (QED) is 0.906. The van der Waals surface area contributed by atoms with E-state index in [1.165, 1.54) is 13.1 Å². The molecular formula is C11H13F3N4O2S. The first kappa shape index (κ1) is 15.6. The van der Waals surface area contributed by atoms with Gasteiger partial charge in [0.15, 0.2) is 0 Å². The standard InChI is InChI=1S/C11H13F3N4O2S/c1-3-18(2)21(19,20)17-7-4-9(11(12,13)14)8-6-15-16-10(8)5-7/h4-6,17H,3H2,1-2H3,(H,15,16). The Labute approximate surface area is 119 Å². The molecule has 2 aromatic rings. The van der Waals surface area contributed by atoms with Crippen molar-refractivity contribution in [1.29, 1.82) is 0 Å². The van der Waals surface area contributed by atoms with E-state index in [4.69, 9.17) is 0 Å². The van der Waals surface area contributed by atoms with Crippen LogP contribution in [0.5, 0.6) is 0 Å². The first-order chi connectivity index (χ1) is 9.65. The summed E-state index contributed by atoms with van der Waals surface area (Å²) in [5.74, 6) is 0. The van der Waals surface area contributed by atoms with Gasteiger partial charge >= 0.3 is 16.4 Å². The van der Waals surface area contributed by atoms with Crippen LogP contribution in [0.3, 0.4) is 0 Å². The molecule has 0 spiro atoms. The predicted octanol–water partition coefficient (Wildman–Crippen LogP) is 2.19. The van der Waals surface area contributed by atoms with E-state index in [9.17, 15) is 21.6 Å². The molecule has 0 atom stereocenters. The van der Waals surface area contributed by atoms with Gasteiger partial charge in [0.05, 0.1) is 23.0 Å². The second kappa shape index (κ2) is 5.19. The molecule has 2 N–H and O–H groups in total. The summed E-state index contributed by atoms with van der Waals surface area (Å²) in [6, 6.07) is 2.01. The van der Waals surface area contributed by atoms with Gasteiger partial charge in [0.2, 0.25) is 0 Å². The van der Waals surface area contributed by atoms with E-state index in [-0.39, 0.29) is 23.1 Å². The minimum atomic E-state index is -4.61. The Hall–Kier alpha value is -1.81. The minimum Gasteiger partial charge on any atom is -0.278 e. The zero-order chi connectivity index (χ0) is 15.8. The van der Waals surface area contributed by atoms with Crippen molar-refractivity contribution in [3.05, 3.63) is 23.9 Å². The number of anilines is 1. The molecule has 116 valence electrons. The highest BCUT2D eigenvalue weighted by Crippen LogP contribution is 2.36. The lowest BCUT2D eigenvalue weighted by Crippen LogP contribution is -2.32. The summed E-state index contributed by atoms with van der Waals surface area (Å²) in [6.45, 7) is 1.80. The molecule has 21 heavy (non-hydrogen) atoms. The number of aromatic nitrogens is 2. The molecule has 0 aliphatic rings. The number of nitrogens with zero attached hydrogens (tertiary/aromatic N) is 2. The summed E-state index contributed by atoms with van der Waals surface area (Å²) in [5.41, 5.74) is -1.04. The highest BCUT2D eigenvalue weighted by atomic mass is 32.2. The summed E-state index contributed by atoms with van der Waals surface area (Å²) in [4.78, 5) is 0. The van der Waals surface area contributed by atoms with Crippen LogP contribution in [0.15, 0.2) is 18.3 Å². The number of halogens is 3. The molecule has 1 aromatic heterocycles. The molecule has 0 fully saturated rings. The van der Waals surface area contributed by atoms with Crippen molar-refractivity contribution < 1.29 is 21.6 Å². The van der Waals surface area contributed by atoms with Gasteiger partial charge in [-0.05, 0) is 12.1 Å². The van der Waals surface area contributed by atoms with Crippen LogP contribution < -0.4 is 4.72 Å². The second-order valence-electron chi connectivity index (χ2n) is 4.37. The van der Waals surface area contributed by atoms with Crippen molar-refractivity contribution in [2.45, 2.75) is 13.1 Å². The Morgan fingerprint density at radius 2 is 2.05 bits per heavy atom. The molecule has 1 aromatic carbocycles. The van der Waals surface area contributed by atoms with Gasteiger partial charge in [-0.15, -0.1) is 0 Å². The molecule has 0 radical (unpaired) electrons. The number of nitrogens with one attached hydrogen (secondary N) is 2.